The fourth-order valence-corrected chi connectivity index (χ4v) is 2.89. The molecule has 1 heterocycles. The van der Waals surface area contributed by atoms with Crippen LogP contribution in [0.25, 0.3) is 10.9 Å². The van der Waals surface area contributed by atoms with Gasteiger partial charge < -0.3 is 10.1 Å². The van der Waals surface area contributed by atoms with E-state index in [0.29, 0.717) is 5.92 Å². The molecule has 1 aromatic carbocycles. The number of H-pyrrole nitrogens is 1. The number of hydrogen-bond donors (Lipinski definition) is 2. The predicted octanol–water partition coefficient (Wildman–Crippen LogP) is 3.39. The van der Waals surface area contributed by atoms with Crippen molar-refractivity contribution in [3.8, 4) is 0 Å². The van der Waals surface area contributed by atoms with Gasteiger partial charge in [0, 0.05) is 17.1 Å². The van der Waals surface area contributed by atoms with Crippen molar-refractivity contribution in [2.24, 2.45) is 5.92 Å². The molecule has 0 saturated heterocycles. The first-order valence-electron chi connectivity index (χ1n) is 6.10. The lowest BCUT2D eigenvalue weighted by Crippen LogP contribution is -2.08. The molecular formula is C14H17NO. The molecule has 16 heavy (non-hydrogen) atoms. The summed E-state index contributed by atoms with van der Waals surface area (Å²) in [5.74, 6) is 0.459. The first-order valence-corrected chi connectivity index (χ1v) is 6.10. The number of benzene rings is 1. The maximum Gasteiger partial charge on any atom is 0.0824 e. The van der Waals surface area contributed by atoms with Gasteiger partial charge in [-0.1, -0.05) is 25.0 Å². The number of aromatic nitrogens is 1. The van der Waals surface area contributed by atoms with Crippen molar-refractivity contribution in [3.63, 3.8) is 0 Å². The van der Waals surface area contributed by atoms with Crippen LogP contribution >= 0.6 is 0 Å². The third kappa shape index (κ3) is 1.54. The molecule has 3 rings (SSSR count). The van der Waals surface area contributed by atoms with Gasteiger partial charge in [-0.2, -0.15) is 0 Å². The van der Waals surface area contributed by atoms with Crippen molar-refractivity contribution in [2.45, 2.75) is 31.8 Å². The molecule has 1 aliphatic carbocycles. The Hall–Kier alpha value is -1.28. The molecule has 1 saturated carbocycles. The molecule has 1 aromatic heterocycles. The summed E-state index contributed by atoms with van der Waals surface area (Å²) in [5, 5.41) is 11.6. The van der Waals surface area contributed by atoms with Gasteiger partial charge in [-0.25, -0.2) is 0 Å². The monoisotopic (exact) mass is 215 g/mol. The van der Waals surface area contributed by atoms with Crippen LogP contribution in [0.5, 0.6) is 0 Å². The van der Waals surface area contributed by atoms with Gasteiger partial charge in [0.2, 0.25) is 0 Å². The molecule has 2 N–H and O–H groups in total. The van der Waals surface area contributed by atoms with Crippen LogP contribution in [0.4, 0.5) is 0 Å². The standard InChI is InChI=1S/C14H17NO/c16-14(10-4-1-2-5-10)12-6-3-7-13-11(12)8-9-15-13/h3,6-10,14-16H,1-2,4-5H2. The third-order valence-electron chi connectivity index (χ3n) is 3.79. The van der Waals surface area contributed by atoms with E-state index < -0.39 is 0 Å². The van der Waals surface area contributed by atoms with E-state index in [0.717, 1.165) is 11.1 Å². The lowest BCUT2D eigenvalue weighted by molar-refractivity contribution is 0.113. The highest BCUT2D eigenvalue weighted by Gasteiger charge is 2.25. The quantitative estimate of drug-likeness (QED) is 0.791. The van der Waals surface area contributed by atoms with E-state index in [1.807, 2.05) is 12.3 Å². The summed E-state index contributed by atoms with van der Waals surface area (Å²) < 4.78 is 0. The maximum absolute atomic E-state index is 10.4. The van der Waals surface area contributed by atoms with Crippen LogP contribution < -0.4 is 0 Å². The van der Waals surface area contributed by atoms with Crippen LogP contribution in [0, 0.1) is 5.92 Å². The lowest BCUT2D eigenvalue weighted by Gasteiger charge is -2.18. The normalized spacial score (nSPS) is 19.3. The Labute approximate surface area is 95.3 Å². The van der Waals surface area contributed by atoms with Gasteiger partial charge in [0.1, 0.15) is 0 Å². The molecule has 2 aromatic rings. The Morgan fingerprint density at radius 3 is 2.81 bits per heavy atom. The number of aliphatic hydroxyl groups excluding tert-OH is 1. The molecule has 0 aliphatic heterocycles. The van der Waals surface area contributed by atoms with Gasteiger partial charge in [-0.3, -0.25) is 0 Å². The van der Waals surface area contributed by atoms with E-state index in [2.05, 4.69) is 23.2 Å². The van der Waals surface area contributed by atoms with E-state index >= 15 is 0 Å². The van der Waals surface area contributed by atoms with Crippen molar-refractivity contribution in [1.82, 2.24) is 4.98 Å². The van der Waals surface area contributed by atoms with Crippen molar-refractivity contribution in [1.29, 1.82) is 0 Å². The Morgan fingerprint density at radius 2 is 2.00 bits per heavy atom. The summed E-state index contributed by atoms with van der Waals surface area (Å²) in [4.78, 5) is 3.19. The maximum atomic E-state index is 10.4. The van der Waals surface area contributed by atoms with Crippen molar-refractivity contribution in [3.05, 3.63) is 36.0 Å². The van der Waals surface area contributed by atoms with E-state index in [4.69, 9.17) is 0 Å². The average molecular weight is 215 g/mol. The molecule has 0 bridgehead atoms. The van der Waals surface area contributed by atoms with Crippen LogP contribution in [0.15, 0.2) is 30.5 Å². The van der Waals surface area contributed by atoms with Gasteiger partial charge in [-0.15, -0.1) is 0 Å². The molecule has 1 unspecified atom stereocenters. The zero-order valence-electron chi connectivity index (χ0n) is 9.32. The predicted molar refractivity (Wildman–Crippen MR) is 65.2 cm³/mol. The van der Waals surface area contributed by atoms with Crippen LogP contribution in [-0.4, -0.2) is 10.1 Å². The number of aliphatic hydroxyl groups is 1. The Kier molecular flexibility index (Phi) is 2.44. The van der Waals surface area contributed by atoms with E-state index in [9.17, 15) is 5.11 Å². The second-order valence-corrected chi connectivity index (χ2v) is 4.78. The Bertz CT molecular complexity index is 482. The molecule has 2 nitrogen and oxygen atoms in total. The van der Waals surface area contributed by atoms with Crippen molar-refractivity contribution < 1.29 is 5.11 Å². The molecule has 0 amide bonds. The van der Waals surface area contributed by atoms with Crippen LogP contribution in [0.2, 0.25) is 0 Å². The average Bonchev–Trinajstić information content (AvgIpc) is 2.98. The van der Waals surface area contributed by atoms with Gasteiger partial charge in [0.05, 0.1) is 6.10 Å². The molecule has 0 spiro atoms. The SMILES string of the molecule is OC(c1cccc2[nH]ccc12)C1CCCC1. The minimum atomic E-state index is -0.290. The third-order valence-corrected chi connectivity index (χ3v) is 3.79. The molecule has 84 valence electrons. The molecule has 1 atom stereocenters. The van der Waals surface area contributed by atoms with Crippen molar-refractivity contribution in [2.75, 3.05) is 0 Å². The fraction of sp³-hybridized carbons (Fsp3) is 0.429. The fourth-order valence-electron chi connectivity index (χ4n) is 2.89. The molecule has 2 heteroatoms. The van der Waals surface area contributed by atoms with E-state index in [1.165, 1.54) is 31.1 Å². The number of hydrogen-bond acceptors (Lipinski definition) is 1. The highest BCUT2D eigenvalue weighted by Crippen LogP contribution is 2.37. The number of rotatable bonds is 2. The summed E-state index contributed by atoms with van der Waals surface area (Å²) >= 11 is 0. The lowest BCUT2D eigenvalue weighted by atomic mass is 9.92. The van der Waals surface area contributed by atoms with Crippen molar-refractivity contribution >= 4 is 10.9 Å². The summed E-state index contributed by atoms with van der Waals surface area (Å²) in [6, 6.07) is 8.19. The first kappa shape index (κ1) is 9.91. The largest absolute Gasteiger partial charge is 0.388 e. The van der Waals surface area contributed by atoms with E-state index in [1.54, 1.807) is 0 Å². The van der Waals surface area contributed by atoms with Gasteiger partial charge >= 0.3 is 0 Å². The Balaban J connectivity index is 2.00. The van der Waals surface area contributed by atoms with Gasteiger partial charge in [0.25, 0.3) is 0 Å². The van der Waals surface area contributed by atoms with Gasteiger partial charge in [0.15, 0.2) is 0 Å². The van der Waals surface area contributed by atoms with Crippen LogP contribution in [-0.2, 0) is 0 Å². The van der Waals surface area contributed by atoms with E-state index in [-0.39, 0.29) is 6.10 Å². The molecular weight excluding hydrogens is 198 g/mol. The second kappa shape index (κ2) is 3.95. The number of fused-ring (bicyclic) bond motifs is 1. The topological polar surface area (TPSA) is 36.0 Å². The van der Waals surface area contributed by atoms with Crippen LogP contribution in [0.3, 0.4) is 0 Å². The first-order chi connectivity index (χ1) is 7.86. The second-order valence-electron chi connectivity index (χ2n) is 4.78. The smallest absolute Gasteiger partial charge is 0.0824 e. The number of nitrogens with one attached hydrogen (secondary N) is 1. The zero-order chi connectivity index (χ0) is 11.0. The molecule has 0 radical (unpaired) electrons. The summed E-state index contributed by atoms with van der Waals surface area (Å²) in [6.07, 6.45) is 6.52. The summed E-state index contributed by atoms with van der Waals surface area (Å²) in [5.41, 5.74) is 2.21. The summed E-state index contributed by atoms with van der Waals surface area (Å²) in [7, 11) is 0. The summed E-state index contributed by atoms with van der Waals surface area (Å²) in [6.45, 7) is 0. The molecule has 1 aliphatic rings. The van der Waals surface area contributed by atoms with Crippen LogP contribution in [0.1, 0.15) is 37.4 Å². The highest BCUT2D eigenvalue weighted by atomic mass is 16.3. The Morgan fingerprint density at radius 1 is 1.19 bits per heavy atom. The molecule has 1 fully saturated rings. The minimum absolute atomic E-state index is 0.290. The number of aromatic amines is 1. The minimum Gasteiger partial charge on any atom is -0.388 e. The van der Waals surface area contributed by atoms with Gasteiger partial charge in [-0.05, 0) is 36.5 Å². The highest BCUT2D eigenvalue weighted by molar-refractivity contribution is 5.83. The zero-order valence-corrected chi connectivity index (χ0v) is 9.32.